The van der Waals surface area contributed by atoms with Crippen molar-refractivity contribution in [3.05, 3.63) is 30.4 Å². The molecule has 6 heteroatoms. The number of nitrogens with zero attached hydrogens (tertiary/aromatic N) is 5. The van der Waals surface area contributed by atoms with E-state index in [-0.39, 0.29) is 0 Å². The molecule has 0 spiro atoms. The minimum absolute atomic E-state index is 0.494. The summed E-state index contributed by atoms with van der Waals surface area (Å²) in [5.74, 6) is 0.797. The molecule has 2 aromatic heterocycles. The Balaban J connectivity index is 1.69. The molecule has 0 aromatic carbocycles. The first kappa shape index (κ1) is 11.3. The van der Waals surface area contributed by atoms with Gasteiger partial charge < -0.3 is 5.32 Å². The first-order valence-corrected chi connectivity index (χ1v) is 6.34. The summed E-state index contributed by atoms with van der Waals surface area (Å²) in [6.45, 7) is 1.10. The summed E-state index contributed by atoms with van der Waals surface area (Å²) in [5.41, 5.74) is 0.889. The highest BCUT2D eigenvalue weighted by Gasteiger charge is 2.15. The van der Waals surface area contributed by atoms with E-state index in [0.717, 1.165) is 24.5 Å². The molecule has 1 N–H and O–H groups in total. The Morgan fingerprint density at radius 2 is 2.17 bits per heavy atom. The maximum absolute atomic E-state index is 4.40. The molecule has 18 heavy (non-hydrogen) atoms. The van der Waals surface area contributed by atoms with Gasteiger partial charge in [0.15, 0.2) is 5.82 Å². The van der Waals surface area contributed by atoms with Crippen LogP contribution in [0.2, 0.25) is 0 Å². The summed E-state index contributed by atoms with van der Waals surface area (Å²) in [6, 6.07) is 4.23. The van der Waals surface area contributed by atoms with Crippen molar-refractivity contribution in [2.75, 3.05) is 6.54 Å². The predicted molar refractivity (Wildman–Crippen MR) is 66.3 cm³/mol. The summed E-state index contributed by atoms with van der Waals surface area (Å²) < 4.78 is 0. The monoisotopic (exact) mass is 244 g/mol. The van der Waals surface area contributed by atoms with E-state index in [9.17, 15) is 0 Å². The molecular formula is C12H16N6. The summed E-state index contributed by atoms with van der Waals surface area (Å²) in [5, 5.41) is 16.1. The molecule has 0 radical (unpaired) electrons. The van der Waals surface area contributed by atoms with Crippen LogP contribution >= 0.6 is 0 Å². The van der Waals surface area contributed by atoms with Gasteiger partial charge in [0, 0.05) is 24.9 Å². The fraction of sp³-hybridized carbons (Fsp3) is 0.500. The van der Waals surface area contributed by atoms with E-state index < -0.39 is 0 Å². The van der Waals surface area contributed by atoms with Gasteiger partial charge in [0.25, 0.3) is 0 Å². The van der Waals surface area contributed by atoms with Crippen molar-refractivity contribution >= 4 is 0 Å². The lowest BCUT2D eigenvalue weighted by molar-refractivity contribution is 0.394. The maximum atomic E-state index is 4.40. The van der Waals surface area contributed by atoms with Crippen LogP contribution in [0.4, 0.5) is 0 Å². The van der Waals surface area contributed by atoms with E-state index in [1.807, 2.05) is 12.1 Å². The molecule has 0 saturated carbocycles. The average Bonchev–Trinajstić information content (AvgIpc) is 2.89. The first-order chi connectivity index (χ1) is 8.92. The Hall–Kier alpha value is -1.82. The maximum Gasteiger partial charge on any atom is 0.176 e. The number of pyridine rings is 1. The molecule has 2 aromatic rings. The number of nitrogens with one attached hydrogen (secondary N) is 1. The summed E-state index contributed by atoms with van der Waals surface area (Å²) in [4.78, 5) is 5.53. The SMILES string of the molecule is c1cc(-n2nnc(CC3CCCCN3)n2)ccn1. The zero-order valence-electron chi connectivity index (χ0n) is 10.2. The van der Waals surface area contributed by atoms with E-state index in [2.05, 4.69) is 25.7 Å². The number of tetrazole rings is 1. The van der Waals surface area contributed by atoms with Crippen molar-refractivity contribution in [1.29, 1.82) is 0 Å². The third-order valence-electron chi connectivity index (χ3n) is 3.19. The standard InChI is InChI=1S/C12H16N6/c1-2-6-14-10(3-1)9-12-15-17-18(16-12)11-4-7-13-8-5-11/h4-5,7-8,10,14H,1-3,6,9H2. The number of piperidine rings is 1. The number of hydrogen-bond acceptors (Lipinski definition) is 5. The molecule has 6 nitrogen and oxygen atoms in total. The zero-order chi connectivity index (χ0) is 12.2. The number of rotatable bonds is 3. The van der Waals surface area contributed by atoms with Crippen LogP contribution in [0.3, 0.4) is 0 Å². The Kier molecular flexibility index (Phi) is 3.27. The summed E-state index contributed by atoms with van der Waals surface area (Å²) >= 11 is 0. The Labute approximate surface area is 105 Å². The summed E-state index contributed by atoms with van der Waals surface area (Å²) in [6.07, 6.45) is 8.06. The second kappa shape index (κ2) is 5.22. The lowest BCUT2D eigenvalue weighted by Crippen LogP contribution is -2.35. The molecule has 1 aliphatic rings. The second-order valence-electron chi connectivity index (χ2n) is 4.55. The van der Waals surface area contributed by atoms with E-state index in [1.165, 1.54) is 19.3 Å². The fourth-order valence-corrected chi connectivity index (χ4v) is 2.23. The average molecular weight is 244 g/mol. The number of hydrogen-bond donors (Lipinski definition) is 1. The molecule has 1 aliphatic heterocycles. The lowest BCUT2D eigenvalue weighted by Gasteiger charge is -2.21. The molecule has 3 rings (SSSR count). The zero-order valence-corrected chi connectivity index (χ0v) is 10.2. The topological polar surface area (TPSA) is 68.5 Å². The Morgan fingerprint density at radius 1 is 1.28 bits per heavy atom. The third-order valence-corrected chi connectivity index (χ3v) is 3.19. The largest absolute Gasteiger partial charge is 0.314 e. The highest BCUT2D eigenvalue weighted by molar-refractivity contribution is 5.24. The van der Waals surface area contributed by atoms with Gasteiger partial charge in [0.2, 0.25) is 0 Å². The van der Waals surface area contributed by atoms with Gasteiger partial charge in [0.1, 0.15) is 0 Å². The van der Waals surface area contributed by atoms with E-state index >= 15 is 0 Å². The molecular weight excluding hydrogens is 228 g/mol. The van der Waals surface area contributed by atoms with Crippen molar-refractivity contribution in [2.24, 2.45) is 0 Å². The lowest BCUT2D eigenvalue weighted by atomic mass is 10.0. The minimum Gasteiger partial charge on any atom is -0.314 e. The van der Waals surface area contributed by atoms with Crippen LogP contribution in [0.15, 0.2) is 24.5 Å². The fourth-order valence-electron chi connectivity index (χ4n) is 2.23. The van der Waals surface area contributed by atoms with Gasteiger partial charge in [-0.3, -0.25) is 4.98 Å². The predicted octanol–water partition coefficient (Wildman–Crippen LogP) is 0.742. The summed E-state index contributed by atoms with van der Waals surface area (Å²) in [7, 11) is 0. The molecule has 1 saturated heterocycles. The third kappa shape index (κ3) is 2.53. The van der Waals surface area contributed by atoms with Crippen molar-refractivity contribution in [3.63, 3.8) is 0 Å². The van der Waals surface area contributed by atoms with Gasteiger partial charge >= 0.3 is 0 Å². The van der Waals surface area contributed by atoms with Crippen LogP contribution in [0.1, 0.15) is 25.1 Å². The van der Waals surface area contributed by atoms with E-state index in [1.54, 1.807) is 17.2 Å². The van der Waals surface area contributed by atoms with Gasteiger partial charge in [0.05, 0.1) is 5.69 Å². The van der Waals surface area contributed by atoms with E-state index in [0.29, 0.717) is 6.04 Å². The Morgan fingerprint density at radius 3 is 2.94 bits per heavy atom. The van der Waals surface area contributed by atoms with Crippen LogP contribution in [-0.2, 0) is 6.42 Å². The molecule has 0 amide bonds. The van der Waals surface area contributed by atoms with Crippen molar-refractivity contribution in [3.8, 4) is 5.69 Å². The van der Waals surface area contributed by atoms with Crippen LogP contribution in [0.25, 0.3) is 5.69 Å². The normalized spacial score (nSPS) is 19.9. The molecule has 1 fully saturated rings. The highest BCUT2D eigenvalue weighted by Crippen LogP contribution is 2.10. The Bertz CT molecular complexity index is 488. The quantitative estimate of drug-likeness (QED) is 0.862. The van der Waals surface area contributed by atoms with Gasteiger partial charge in [-0.2, -0.15) is 0 Å². The van der Waals surface area contributed by atoms with Crippen molar-refractivity contribution < 1.29 is 0 Å². The van der Waals surface area contributed by atoms with Crippen molar-refractivity contribution in [2.45, 2.75) is 31.7 Å². The molecule has 3 heterocycles. The first-order valence-electron chi connectivity index (χ1n) is 6.34. The smallest absolute Gasteiger partial charge is 0.176 e. The molecule has 0 bridgehead atoms. The van der Waals surface area contributed by atoms with Crippen LogP contribution in [-0.4, -0.2) is 37.8 Å². The molecule has 0 aliphatic carbocycles. The van der Waals surface area contributed by atoms with Gasteiger partial charge in [-0.05, 0) is 36.7 Å². The van der Waals surface area contributed by atoms with Crippen molar-refractivity contribution in [1.82, 2.24) is 30.5 Å². The van der Waals surface area contributed by atoms with Gasteiger partial charge in [-0.15, -0.1) is 15.0 Å². The van der Waals surface area contributed by atoms with Crippen LogP contribution < -0.4 is 5.32 Å². The van der Waals surface area contributed by atoms with Gasteiger partial charge in [-0.1, -0.05) is 6.42 Å². The molecule has 1 unspecified atom stereocenters. The number of aromatic nitrogens is 5. The van der Waals surface area contributed by atoms with E-state index in [4.69, 9.17) is 0 Å². The highest BCUT2D eigenvalue weighted by atomic mass is 15.6. The van der Waals surface area contributed by atoms with Gasteiger partial charge in [-0.25, -0.2) is 0 Å². The van der Waals surface area contributed by atoms with Crippen LogP contribution in [0.5, 0.6) is 0 Å². The molecule has 94 valence electrons. The minimum atomic E-state index is 0.494. The second-order valence-corrected chi connectivity index (χ2v) is 4.55. The van der Waals surface area contributed by atoms with Crippen LogP contribution in [0, 0.1) is 0 Å². The molecule has 1 atom stereocenters.